The zero-order valence-electron chi connectivity index (χ0n) is 38.4. The Labute approximate surface area is 352 Å². The molecule has 4 amide bonds. The number of alkyl carbamates (subject to hydrolysis) is 2. The molecule has 0 aliphatic carbocycles. The maximum Gasteiger partial charge on any atom is 0.410 e. The molecule has 0 aromatic carbocycles. The van der Waals surface area contributed by atoms with Crippen LogP contribution in [0.2, 0.25) is 0 Å². The second kappa shape index (κ2) is 24.1. The van der Waals surface area contributed by atoms with E-state index in [1.807, 2.05) is 0 Å². The Morgan fingerprint density at radius 1 is 0.627 bits per heavy atom. The summed E-state index contributed by atoms with van der Waals surface area (Å²) in [6, 6.07) is -1.42. The lowest BCUT2D eigenvalue weighted by Crippen LogP contribution is -2.44. The van der Waals surface area contributed by atoms with Gasteiger partial charge in [-0.15, -0.1) is 13.2 Å². The van der Waals surface area contributed by atoms with Gasteiger partial charge in [0.2, 0.25) is 0 Å². The number of allylic oxidation sites excluding steroid dienone is 2. The highest BCUT2D eigenvalue weighted by molar-refractivity contribution is 5.87. The summed E-state index contributed by atoms with van der Waals surface area (Å²) in [7, 11) is 1.50. The number of methoxy groups -OCH3 is 1. The van der Waals surface area contributed by atoms with Gasteiger partial charge in [0.15, 0.2) is 11.6 Å². The van der Waals surface area contributed by atoms with Crippen molar-refractivity contribution in [2.75, 3.05) is 40.0 Å². The van der Waals surface area contributed by atoms with Gasteiger partial charge in [-0.1, -0.05) is 12.2 Å². The maximum atomic E-state index is 12.6. The van der Waals surface area contributed by atoms with E-state index >= 15 is 0 Å². The van der Waals surface area contributed by atoms with Gasteiger partial charge >= 0.3 is 24.4 Å². The number of rotatable bonds is 12. The summed E-state index contributed by atoms with van der Waals surface area (Å²) in [5, 5.41) is 8.45. The van der Waals surface area contributed by atoms with Crippen molar-refractivity contribution in [2.24, 2.45) is 17.6 Å². The molecule has 5 N–H and O–H groups in total. The van der Waals surface area contributed by atoms with E-state index in [2.05, 4.69) is 33.8 Å². The number of Topliss-reactive ketones (excluding diaryl/α,β-unsaturated/α-hetero) is 2. The van der Waals surface area contributed by atoms with E-state index in [-0.39, 0.29) is 42.2 Å². The highest BCUT2D eigenvalue weighted by Crippen LogP contribution is 2.31. The van der Waals surface area contributed by atoms with Crippen LogP contribution in [0.15, 0.2) is 25.3 Å². The summed E-state index contributed by atoms with van der Waals surface area (Å²) in [5.74, 6) is -0.342. The number of ether oxygens (including phenoxy) is 5. The summed E-state index contributed by atoms with van der Waals surface area (Å²) < 4.78 is 25.6. The highest BCUT2D eigenvalue weighted by Gasteiger charge is 2.47. The lowest BCUT2D eigenvalue weighted by atomic mass is 9.90. The zero-order chi connectivity index (χ0) is 46.1. The number of carbonyl (C=O) groups is 6. The van der Waals surface area contributed by atoms with E-state index in [4.69, 9.17) is 24.7 Å². The summed E-state index contributed by atoms with van der Waals surface area (Å²) >= 11 is 0. The van der Waals surface area contributed by atoms with E-state index in [0.29, 0.717) is 39.0 Å². The second-order valence-electron chi connectivity index (χ2n) is 18.5. The third kappa shape index (κ3) is 22.1. The Kier molecular flexibility index (Phi) is 22.4. The minimum Gasteiger partial charge on any atom is -0.444 e. The number of nitrogens with zero attached hydrogens (tertiary/aromatic N) is 2. The fourth-order valence-electron chi connectivity index (χ4n) is 6.29. The standard InChI is InChI=1S/C21H37N3O5.C14H24N2O3.C7H15NO3/c1-9-10-15-16(22-11-12-23-18(26)28-20(3,4)5)13-24(17(15)14(2)25)19(27)29-21(6,7)8;1-6-7-10-11(15)8-16(12(10)9(2)17)13(18)19-14(3,4)5;1-7(2,3)11-6(9)8-5-10-4/h9,15-17,22H,1,10-13H2,2-8H3,(H,23,26);6,10-12H,1,7-8,15H2,2-5H3;5H2,1-4H3,(H,8,9)/t15-,16+,17-;10-,11+,12-;/m11./s1. The molecule has 0 saturated carbocycles. The first-order chi connectivity index (χ1) is 26.9. The number of amides is 4. The first-order valence-corrected chi connectivity index (χ1v) is 20.0. The van der Waals surface area contributed by atoms with Crippen molar-refractivity contribution < 1.29 is 52.5 Å². The van der Waals surface area contributed by atoms with Crippen molar-refractivity contribution in [3.8, 4) is 0 Å². The maximum absolute atomic E-state index is 12.6. The van der Waals surface area contributed by atoms with E-state index in [1.165, 1.54) is 30.8 Å². The Morgan fingerprint density at radius 3 is 1.41 bits per heavy atom. The Morgan fingerprint density at radius 2 is 1.02 bits per heavy atom. The molecule has 0 spiro atoms. The predicted octanol–water partition coefficient (Wildman–Crippen LogP) is 5.70. The van der Waals surface area contributed by atoms with Crippen LogP contribution in [0, 0.1) is 11.8 Å². The van der Waals surface area contributed by atoms with Crippen LogP contribution in [0.1, 0.15) is 110 Å². The van der Waals surface area contributed by atoms with Gasteiger partial charge in [0.1, 0.15) is 29.1 Å². The van der Waals surface area contributed by atoms with Gasteiger partial charge in [-0.25, -0.2) is 19.2 Å². The van der Waals surface area contributed by atoms with Crippen LogP contribution < -0.4 is 21.7 Å². The predicted molar refractivity (Wildman–Crippen MR) is 227 cm³/mol. The quantitative estimate of drug-likeness (QED) is 0.0804. The molecule has 0 radical (unpaired) electrons. The van der Waals surface area contributed by atoms with Gasteiger partial charge in [-0.05, 0) is 110 Å². The van der Waals surface area contributed by atoms with Crippen molar-refractivity contribution in [1.82, 2.24) is 25.8 Å². The Bertz CT molecular complexity index is 1410. The minimum absolute atomic E-state index is 0.0642. The van der Waals surface area contributed by atoms with Crippen LogP contribution in [0.25, 0.3) is 0 Å². The second-order valence-corrected chi connectivity index (χ2v) is 18.5. The molecule has 0 unspecified atom stereocenters. The first kappa shape index (κ1) is 54.8. The molecule has 2 fully saturated rings. The average molecular weight is 841 g/mol. The average Bonchev–Trinajstić information content (AvgIpc) is 3.57. The van der Waals surface area contributed by atoms with Crippen molar-refractivity contribution in [3.63, 3.8) is 0 Å². The lowest BCUT2D eigenvalue weighted by molar-refractivity contribution is -0.123. The van der Waals surface area contributed by atoms with Gasteiger partial charge in [0, 0.05) is 57.2 Å². The molecule has 340 valence electrons. The Hall–Kier alpha value is -4.22. The van der Waals surface area contributed by atoms with Crippen molar-refractivity contribution in [3.05, 3.63) is 25.3 Å². The molecule has 2 aliphatic rings. The summed E-state index contributed by atoms with van der Waals surface area (Å²) in [6.45, 7) is 33.7. The van der Waals surface area contributed by atoms with Crippen molar-refractivity contribution in [2.45, 2.75) is 156 Å². The third-order valence-electron chi connectivity index (χ3n) is 8.28. The summed E-state index contributed by atoms with van der Waals surface area (Å²) in [6.07, 6.45) is 2.78. The van der Waals surface area contributed by atoms with E-state index in [9.17, 15) is 28.8 Å². The van der Waals surface area contributed by atoms with Crippen LogP contribution in [-0.2, 0) is 33.3 Å². The minimum atomic E-state index is -0.644. The molecule has 2 heterocycles. The molecule has 0 aromatic rings. The van der Waals surface area contributed by atoms with Gasteiger partial charge in [-0.3, -0.25) is 24.7 Å². The number of nitrogens with one attached hydrogen (secondary N) is 3. The molecule has 2 aliphatic heterocycles. The summed E-state index contributed by atoms with van der Waals surface area (Å²) in [5.41, 5.74) is 3.81. The molecule has 2 saturated heterocycles. The normalized spacial score (nSPS) is 21.7. The molecule has 2 rings (SSSR count). The SMILES string of the molecule is C=CC[C@@H]1[C@@H](NCCNC(=O)OC(C)(C)C)CN(C(=O)OC(C)(C)C)[C@@H]1C(C)=O.C=CC[C@H]1[C@@H](C(C)=O)N(C(=O)OC(C)(C)C)C[C@@H]1N.COCNC(=O)OC(C)(C)C. The van der Waals surface area contributed by atoms with Crippen molar-refractivity contribution >= 4 is 35.9 Å². The van der Waals surface area contributed by atoms with E-state index in [1.54, 1.807) is 95.2 Å². The first-order valence-electron chi connectivity index (χ1n) is 20.0. The lowest BCUT2D eigenvalue weighted by Gasteiger charge is -2.28. The molecule has 17 nitrogen and oxygen atoms in total. The number of hydrogen-bond acceptors (Lipinski definition) is 13. The fraction of sp³-hybridized carbons (Fsp3) is 0.762. The molecular formula is C42H76N6O11. The molecule has 0 aromatic heterocycles. The van der Waals surface area contributed by atoms with Gasteiger partial charge in [-0.2, -0.15) is 0 Å². The zero-order valence-corrected chi connectivity index (χ0v) is 38.4. The fourth-order valence-corrected chi connectivity index (χ4v) is 6.29. The molecular weight excluding hydrogens is 764 g/mol. The highest BCUT2D eigenvalue weighted by atomic mass is 16.6. The van der Waals surface area contributed by atoms with Crippen LogP contribution in [0.5, 0.6) is 0 Å². The molecule has 6 atom stereocenters. The number of likely N-dealkylation sites (tertiary alicyclic amines) is 2. The van der Waals surface area contributed by atoms with Gasteiger partial charge < -0.3 is 40.1 Å². The monoisotopic (exact) mass is 841 g/mol. The van der Waals surface area contributed by atoms with E-state index in [0.717, 1.165) is 0 Å². The van der Waals surface area contributed by atoms with Crippen LogP contribution in [0.3, 0.4) is 0 Å². The van der Waals surface area contributed by atoms with Crippen LogP contribution in [0.4, 0.5) is 19.2 Å². The third-order valence-corrected chi connectivity index (χ3v) is 8.28. The number of hydrogen-bond donors (Lipinski definition) is 4. The number of nitrogens with two attached hydrogens (primary N) is 1. The van der Waals surface area contributed by atoms with Crippen LogP contribution in [-0.4, -0.2) is 132 Å². The molecule has 59 heavy (non-hydrogen) atoms. The smallest absolute Gasteiger partial charge is 0.410 e. The van der Waals surface area contributed by atoms with E-state index < -0.39 is 58.9 Å². The van der Waals surface area contributed by atoms with Crippen LogP contribution >= 0.6 is 0 Å². The summed E-state index contributed by atoms with van der Waals surface area (Å²) in [4.78, 5) is 74.4. The number of carbonyl (C=O) groups excluding carboxylic acids is 6. The topological polar surface area (TPSA) is 217 Å². The van der Waals surface area contributed by atoms with Gasteiger partial charge in [0.05, 0.1) is 12.1 Å². The van der Waals surface area contributed by atoms with Gasteiger partial charge in [0.25, 0.3) is 0 Å². The Balaban J connectivity index is 0.000000957. The molecule has 17 heteroatoms. The largest absolute Gasteiger partial charge is 0.444 e. The molecule has 0 bridgehead atoms. The number of ketones is 2. The van der Waals surface area contributed by atoms with Crippen molar-refractivity contribution in [1.29, 1.82) is 0 Å².